The maximum absolute atomic E-state index is 10.8. The van der Waals surface area contributed by atoms with Gasteiger partial charge in [0.2, 0.25) is 6.41 Å². The van der Waals surface area contributed by atoms with Gasteiger partial charge in [0.1, 0.15) is 11.9 Å². The zero-order valence-corrected chi connectivity index (χ0v) is 14.9. The van der Waals surface area contributed by atoms with Crippen LogP contribution in [0.1, 0.15) is 18.4 Å². The Hall–Kier alpha value is -2.88. The number of aryl methyl sites for hydroxylation is 1. The molecular formula is C22H22N2O2. The molecule has 4 heteroatoms. The molecule has 0 saturated carbocycles. The van der Waals surface area contributed by atoms with E-state index >= 15 is 0 Å². The van der Waals surface area contributed by atoms with Crippen molar-refractivity contribution in [2.45, 2.75) is 25.9 Å². The summed E-state index contributed by atoms with van der Waals surface area (Å²) in [5.41, 5.74) is 4.60. The Morgan fingerprint density at radius 3 is 2.58 bits per heavy atom. The summed E-state index contributed by atoms with van der Waals surface area (Å²) in [6.07, 6.45) is 4.72. The molecule has 132 valence electrons. The van der Waals surface area contributed by atoms with Crippen LogP contribution in [0, 0.1) is 6.92 Å². The first-order valence-electron chi connectivity index (χ1n) is 9.05. The number of piperidine rings is 1. The predicted octanol–water partition coefficient (Wildman–Crippen LogP) is 4.21. The molecule has 1 amide bonds. The van der Waals surface area contributed by atoms with Crippen LogP contribution in [-0.2, 0) is 4.79 Å². The molecular weight excluding hydrogens is 324 g/mol. The molecule has 1 fully saturated rings. The molecule has 1 aliphatic rings. The van der Waals surface area contributed by atoms with E-state index in [-0.39, 0.29) is 6.10 Å². The van der Waals surface area contributed by atoms with E-state index in [4.69, 9.17) is 4.74 Å². The van der Waals surface area contributed by atoms with Crippen molar-refractivity contribution in [2.24, 2.45) is 0 Å². The van der Waals surface area contributed by atoms with Crippen LogP contribution in [0.5, 0.6) is 5.75 Å². The lowest BCUT2D eigenvalue weighted by Crippen LogP contribution is -2.37. The molecule has 2 aromatic carbocycles. The second-order valence-corrected chi connectivity index (χ2v) is 6.80. The van der Waals surface area contributed by atoms with Crippen molar-refractivity contribution in [3.63, 3.8) is 0 Å². The number of likely N-dealkylation sites (tertiary alicyclic amines) is 1. The van der Waals surface area contributed by atoms with Gasteiger partial charge in [-0.1, -0.05) is 30.3 Å². The van der Waals surface area contributed by atoms with Crippen LogP contribution in [0.25, 0.3) is 22.0 Å². The number of ether oxygens (including phenoxy) is 1. The van der Waals surface area contributed by atoms with E-state index in [2.05, 4.69) is 42.2 Å². The molecule has 1 aliphatic heterocycles. The smallest absolute Gasteiger partial charge is 0.209 e. The lowest BCUT2D eigenvalue weighted by atomic mass is 9.98. The van der Waals surface area contributed by atoms with Gasteiger partial charge in [-0.15, -0.1) is 0 Å². The molecule has 1 saturated heterocycles. The number of aromatic nitrogens is 1. The van der Waals surface area contributed by atoms with Gasteiger partial charge < -0.3 is 9.64 Å². The van der Waals surface area contributed by atoms with Crippen LogP contribution in [-0.4, -0.2) is 35.5 Å². The van der Waals surface area contributed by atoms with Crippen LogP contribution in [0.4, 0.5) is 0 Å². The third-order valence-corrected chi connectivity index (χ3v) is 5.12. The topological polar surface area (TPSA) is 42.4 Å². The number of hydrogen-bond acceptors (Lipinski definition) is 3. The van der Waals surface area contributed by atoms with Crippen molar-refractivity contribution in [1.82, 2.24) is 9.88 Å². The van der Waals surface area contributed by atoms with E-state index in [9.17, 15) is 4.79 Å². The molecule has 4 rings (SSSR count). The summed E-state index contributed by atoms with van der Waals surface area (Å²) in [5, 5.41) is 1.16. The minimum atomic E-state index is 0.184. The SMILES string of the molecule is Cc1c(-c2ccc(OC3CCN(C=O)CC3)cc2)ccc2cccnc12. The molecule has 0 unspecified atom stereocenters. The van der Waals surface area contributed by atoms with Crippen molar-refractivity contribution in [3.8, 4) is 16.9 Å². The number of pyridine rings is 1. The minimum absolute atomic E-state index is 0.184. The molecule has 0 radical (unpaired) electrons. The fraction of sp³-hybridized carbons (Fsp3) is 0.273. The van der Waals surface area contributed by atoms with Crippen LogP contribution in [0.2, 0.25) is 0 Å². The zero-order chi connectivity index (χ0) is 17.9. The van der Waals surface area contributed by atoms with E-state index < -0.39 is 0 Å². The van der Waals surface area contributed by atoms with Crippen molar-refractivity contribution in [1.29, 1.82) is 0 Å². The second kappa shape index (κ2) is 7.16. The van der Waals surface area contributed by atoms with E-state index in [1.165, 1.54) is 11.1 Å². The Morgan fingerprint density at radius 1 is 1.08 bits per heavy atom. The van der Waals surface area contributed by atoms with Gasteiger partial charge in [-0.05, 0) is 41.8 Å². The van der Waals surface area contributed by atoms with Gasteiger partial charge in [-0.3, -0.25) is 9.78 Å². The Labute approximate surface area is 153 Å². The number of fused-ring (bicyclic) bond motifs is 1. The Kier molecular flexibility index (Phi) is 4.57. The highest BCUT2D eigenvalue weighted by Gasteiger charge is 2.19. The second-order valence-electron chi connectivity index (χ2n) is 6.80. The summed E-state index contributed by atoms with van der Waals surface area (Å²) in [4.78, 5) is 17.1. The van der Waals surface area contributed by atoms with Gasteiger partial charge in [0.05, 0.1) is 5.52 Å². The molecule has 26 heavy (non-hydrogen) atoms. The highest BCUT2D eigenvalue weighted by atomic mass is 16.5. The van der Waals surface area contributed by atoms with Gasteiger partial charge in [0, 0.05) is 37.5 Å². The van der Waals surface area contributed by atoms with Crippen LogP contribution >= 0.6 is 0 Å². The van der Waals surface area contributed by atoms with Crippen LogP contribution in [0.3, 0.4) is 0 Å². The summed E-state index contributed by atoms with van der Waals surface area (Å²) in [6.45, 7) is 3.67. The Balaban J connectivity index is 1.51. The third-order valence-electron chi connectivity index (χ3n) is 5.12. The Morgan fingerprint density at radius 2 is 1.85 bits per heavy atom. The van der Waals surface area contributed by atoms with Crippen molar-refractivity contribution < 1.29 is 9.53 Å². The number of carbonyl (C=O) groups excluding carboxylic acids is 1. The standard InChI is InChI=1S/C22H22N2O2/c1-16-21(9-6-18-3-2-12-23-22(16)18)17-4-7-19(8-5-17)26-20-10-13-24(15-25)14-11-20/h2-9,12,15,20H,10-11,13-14H2,1H3. The van der Waals surface area contributed by atoms with Gasteiger partial charge in [-0.25, -0.2) is 0 Å². The molecule has 1 aromatic heterocycles. The van der Waals surface area contributed by atoms with E-state index in [1.54, 1.807) is 4.90 Å². The van der Waals surface area contributed by atoms with Gasteiger partial charge in [-0.2, -0.15) is 0 Å². The third kappa shape index (κ3) is 3.27. The quantitative estimate of drug-likeness (QED) is 0.665. The predicted molar refractivity (Wildman–Crippen MR) is 103 cm³/mol. The summed E-state index contributed by atoms with van der Waals surface area (Å²) in [5.74, 6) is 0.884. The average Bonchev–Trinajstić information content (AvgIpc) is 2.70. The molecule has 4 nitrogen and oxygen atoms in total. The van der Waals surface area contributed by atoms with Crippen molar-refractivity contribution >= 4 is 17.3 Å². The molecule has 0 aliphatic carbocycles. The van der Waals surface area contributed by atoms with E-state index in [0.717, 1.165) is 54.6 Å². The van der Waals surface area contributed by atoms with Crippen LogP contribution in [0.15, 0.2) is 54.7 Å². The molecule has 0 atom stereocenters. The number of amides is 1. The molecule has 0 spiro atoms. The first kappa shape index (κ1) is 16.6. The Bertz CT molecular complexity index is 913. The normalized spacial score (nSPS) is 15.2. The summed E-state index contributed by atoms with van der Waals surface area (Å²) in [7, 11) is 0. The molecule has 2 heterocycles. The highest BCUT2D eigenvalue weighted by Crippen LogP contribution is 2.30. The molecule has 3 aromatic rings. The van der Waals surface area contributed by atoms with Gasteiger partial charge in [0.25, 0.3) is 0 Å². The maximum Gasteiger partial charge on any atom is 0.209 e. The van der Waals surface area contributed by atoms with Gasteiger partial charge in [0.15, 0.2) is 0 Å². The fourth-order valence-corrected chi connectivity index (χ4v) is 3.61. The fourth-order valence-electron chi connectivity index (χ4n) is 3.61. The summed E-state index contributed by atoms with van der Waals surface area (Å²) >= 11 is 0. The average molecular weight is 346 g/mol. The van der Waals surface area contributed by atoms with E-state index in [1.807, 2.05) is 24.4 Å². The number of benzene rings is 2. The first-order valence-corrected chi connectivity index (χ1v) is 9.05. The number of rotatable bonds is 4. The summed E-state index contributed by atoms with van der Waals surface area (Å²) in [6, 6.07) is 16.6. The van der Waals surface area contributed by atoms with Crippen molar-refractivity contribution in [3.05, 3.63) is 60.3 Å². The highest BCUT2D eigenvalue weighted by molar-refractivity contribution is 5.88. The molecule has 0 bridgehead atoms. The lowest BCUT2D eigenvalue weighted by molar-refractivity contribution is -0.119. The zero-order valence-electron chi connectivity index (χ0n) is 14.9. The lowest BCUT2D eigenvalue weighted by Gasteiger charge is -2.29. The number of hydrogen-bond donors (Lipinski definition) is 0. The van der Waals surface area contributed by atoms with Crippen LogP contribution < -0.4 is 4.74 Å². The minimum Gasteiger partial charge on any atom is -0.490 e. The summed E-state index contributed by atoms with van der Waals surface area (Å²) < 4.78 is 6.08. The number of nitrogens with zero attached hydrogens (tertiary/aromatic N) is 2. The maximum atomic E-state index is 10.8. The van der Waals surface area contributed by atoms with Gasteiger partial charge >= 0.3 is 0 Å². The largest absolute Gasteiger partial charge is 0.490 e. The number of carbonyl (C=O) groups is 1. The molecule has 0 N–H and O–H groups in total. The van der Waals surface area contributed by atoms with Crippen molar-refractivity contribution in [2.75, 3.05) is 13.1 Å². The first-order chi connectivity index (χ1) is 12.7. The van der Waals surface area contributed by atoms with E-state index in [0.29, 0.717) is 0 Å². The monoisotopic (exact) mass is 346 g/mol.